The Morgan fingerprint density at radius 2 is 1.86 bits per heavy atom. The Bertz CT molecular complexity index is 859. The number of rotatable bonds is 3. The van der Waals surface area contributed by atoms with Crippen LogP contribution in [0.1, 0.15) is 18.1 Å². The van der Waals surface area contributed by atoms with Gasteiger partial charge < -0.3 is 10.4 Å². The number of hydrogen-bond acceptors (Lipinski definition) is 3. The minimum atomic E-state index is -1.06. The highest BCUT2D eigenvalue weighted by atomic mass is 79.9. The molecule has 2 aromatic carbocycles. The van der Waals surface area contributed by atoms with Gasteiger partial charge in [0.2, 0.25) is 5.96 Å². The third-order valence-electron chi connectivity index (χ3n) is 3.81. The SMILES string of the molecule is Cc1cc(Cl)cc(N2C(=O)C(C)NC2=NCC(=O)O)c1.Cc1ccc(Br)cc1. The second-order valence-electron chi connectivity index (χ2n) is 6.36. The van der Waals surface area contributed by atoms with Crippen LogP contribution in [0, 0.1) is 13.8 Å². The van der Waals surface area contributed by atoms with E-state index in [0.29, 0.717) is 10.7 Å². The molecule has 0 aliphatic carbocycles. The summed E-state index contributed by atoms with van der Waals surface area (Å²) >= 11 is 9.34. The zero-order chi connectivity index (χ0) is 20.8. The Balaban J connectivity index is 0.000000292. The van der Waals surface area contributed by atoms with E-state index in [4.69, 9.17) is 16.7 Å². The van der Waals surface area contributed by atoms with Gasteiger partial charge in [-0.2, -0.15) is 0 Å². The molecule has 3 rings (SSSR count). The molecule has 2 N–H and O–H groups in total. The number of halogens is 2. The van der Waals surface area contributed by atoms with Gasteiger partial charge in [-0.25, -0.2) is 9.89 Å². The van der Waals surface area contributed by atoms with Crippen LogP contribution in [0.3, 0.4) is 0 Å². The summed E-state index contributed by atoms with van der Waals surface area (Å²) in [6.45, 7) is 5.22. The van der Waals surface area contributed by atoms with Crippen molar-refractivity contribution < 1.29 is 14.7 Å². The lowest BCUT2D eigenvalue weighted by molar-refractivity contribution is -0.135. The number of benzene rings is 2. The van der Waals surface area contributed by atoms with Crippen molar-refractivity contribution in [3.8, 4) is 0 Å². The number of aliphatic imine (C=N–C) groups is 1. The molecule has 1 atom stereocenters. The van der Waals surface area contributed by atoms with Crippen molar-refractivity contribution in [3.05, 3.63) is 63.1 Å². The highest BCUT2D eigenvalue weighted by molar-refractivity contribution is 9.10. The summed E-state index contributed by atoms with van der Waals surface area (Å²) in [5.41, 5.74) is 2.77. The van der Waals surface area contributed by atoms with Gasteiger partial charge in [0.15, 0.2) is 0 Å². The Labute approximate surface area is 177 Å². The summed E-state index contributed by atoms with van der Waals surface area (Å²) in [4.78, 5) is 28.0. The second kappa shape index (κ2) is 9.71. The van der Waals surface area contributed by atoms with Crippen LogP contribution >= 0.6 is 27.5 Å². The van der Waals surface area contributed by atoms with Crippen LogP contribution in [-0.4, -0.2) is 35.5 Å². The van der Waals surface area contributed by atoms with Gasteiger partial charge in [0.25, 0.3) is 5.91 Å². The van der Waals surface area contributed by atoms with Crippen LogP contribution in [0.2, 0.25) is 5.02 Å². The van der Waals surface area contributed by atoms with Gasteiger partial charge in [0.1, 0.15) is 12.6 Å². The number of guanidine groups is 1. The topological polar surface area (TPSA) is 82.0 Å². The minimum absolute atomic E-state index is 0.198. The number of carboxylic acid groups (broad SMARTS) is 1. The number of hydrogen-bond donors (Lipinski definition) is 2. The molecule has 0 radical (unpaired) electrons. The second-order valence-corrected chi connectivity index (χ2v) is 7.71. The van der Waals surface area contributed by atoms with Crippen molar-refractivity contribution in [1.82, 2.24) is 5.32 Å². The maximum absolute atomic E-state index is 12.2. The minimum Gasteiger partial charge on any atom is -0.480 e. The normalized spacial score (nSPS) is 17.2. The average molecular weight is 467 g/mol. The molecule has 28 heavy (non-hydrogen) atoms. The maximum Gasteiger partial charge on any atom is 0.325 e. The molecule has 1 heterocycles. The van der Waals surface area contributed by atoms with Crippen molar-refractivity contribution >= 4 is 51.1 Å². The Morgan fingerprint density at radius 3 is 2.39 bits per heavy atom. The van der Waals surface area contributed by atoms with Gasteiger partial charge in [0.05, 0.1) is 5.69 Å². The van der Waals surface area contributed by atoms with Crippen LogP contribution in [0.5, 0.6) is 0 Å². The predicted octanol–water partition coefficient (Wildman–Crippen LogP) is 4.17. The summed E-state index contributed by atoms with van der Waals surface area (Å²) in [5, 5.41) is 12.1. The van der Waals surface area contributed by atoms with E-state index in [1.807, 2.05) is 19.1 Å². The third kappa shape index (κ3) is 6.07. The lowest BCUT2D eigenvalue weighted by Crippen LogP contribution is -2.33. The lowest BCUT2D eigenvalue weighted by Gasteiger charge is -2.16. The molecular weight excluding hydrogens is 446 g/mol. The van der Waals surface area contributed by atoms with Gasteiger partial charge in [-0.3, -0.25) is 9.59 Å². The fourth-order valence-electron chi connectivity index (χ4n) is 2.51. The first-order valence-electron chi connectivity index (χ1n) is 8.53. The highest BCUT2D eigenvalue weighted by Gasteiger charge is 2.34. The van der Waals surface area contributed by atoms with Crippen molar-refractivity contribution in [2.75, 3.05) is 11.4 Å². The molecule has 8 heteroatoms. The van der Waals surface area contributed by atoms with Gasteiger partial charge in [-0.1, -0.05) is 45.2 Å². The zero-order valence-corrected chi connectivity index (χ0v) is 18.1. The van der Waals surface area contributed by atoms with E-state index in [9.17, 15) is 9.59 Å². The van der Waals surface area contributed by atoms with Crippen molar-refractivity contribution in [3.63, 3.8) is 0 Å². The number of carbonyl (C=O) groups is 2. The number of amides is 1. The molecule has 0 saturated carbocycles. The summed E-state index contributed by atoms with van der Waals surface area (Å²) in [7, 11) is 0. The van der Waals surface area contributed by atoms with E-state index in [-0.39, 0.29) is 11.9 Å². The first-order valence-corrected chi connectivity index (χ1v) is 9.70. The monoisotopic (exact) mass is 465 g/mol. The van der Waals surface area contributed by atoms with Crippen LogP contribution in [0.25, 0.3) is 0 Å². The quantitative estimate of drug-likeness (QED) is 0.711. The van der Waals surface area contributed by atoms with E-state index < -0.39 is 18.6 Å². The number of aliphatic carboxylic acids is 1. The average Bonchev–Trinajstić information content (AvgIpc) is 2.90. The molecule has 1 saturated heterocycles. The predicted molar refractivity (Wildman–Crippen MR) is 115 cm³/mol. The number of carboxylic acids is 1. The van der Waals surface area contributed by atoms with Crippen molar-refractivity contribution in [2.45, 2.75) is 26.8 Å². The summed E-state index contributed by atoms with van der Waals surface area (Å²) in [5.74, 6) is -1.03. The first kappa shape index (κ1) is 21.9. The largest absolute Gasteiger partial charge is 0.480 e. The number of aryl methyl sites for hydroxylation is 2. The Kier molecular flexibility index (Phi) is 7.60. The van der Waals surface area contributed by atoms with Crippen molar-refractivity contribution in [2.24, 2.45) is 4.99 Å². The molecule has 0 spiro atoms. The molecular formula is C20H21BrClN3O3. The van der Waals surface area contributed by atoms with E-state index in [1.54, 1.807) is 25.1 Å². The molecule has 1 fully saturated rings. The third-order valence-corrected chi connectivity index (χ3v) is 4.56. The maximum atomic E-state index is 12.2. The molecule has 1 unspecified atom stereocenters. The first-order chi connectivity index (χ1) is 13.2. The lowest BCUT2D eigenvalue weighted by atomic mass is 10.2. The smallest absolute Gasteiger partial charge is 0.325 e. The van der Waals surface area contributed by atoms with Crippen molar-refractivity contribution in [1.29, 1.82) is 0 Å². The number of carbonyl (C=O) groups excluding carboxylic acids is 1. The van der Waals surface area contributed by atoms with Gasteiger partial charge in [-0.15, -0.1) is 0 Å². The highest BCUT2D eigenvalue weighted by Crippen LogP contribution is 2.25. The van der Waals surface area contributed by atoms with Gasteiger partial charge in [-0.05, 0) is 56.7 Å². The molecule has 6 nitrogen and oxygen atoms in total. The molecule has 0 bridgehead atoms. The summed E-state index contributed by atoms with van der Waals surface area (Å²) < 4.78 is 1.14. The number of nitrogens with zero attached hydrogens (tertiary/aromatic N) is 2. The zero-order valence-electron chi connectivity index (χ0n) is 15.7. The molecule has 1 amide bonds. The van der Waals surface area contributed by atoms with Gasteiger partial charge >= 0.3 is 5.97 Å². The molecule has 0 aromatic heterocycles. The number of nitrogens with one attached hydrogen (secondary N) is 1. The van der Waals surface area contributed by atoms with E-state index in [2.05, 4.69) is 45.3 Å². The van der Waals surface area contributed by atoms with Crippen LogP contribution in [0.4, 0.5) is 5.69 Å². The van der Waals surface area contributed by atoms with Gasteiger partial charge in [0, 0.05) is 9.50 Å². The summed E-state index contributed by atoms with van der Waals surface area (Å²) in [6.07, 6.45) is 0. The Hall–Kier alpha value is -2.38. The molecule has 2 aromatic rings. The Morgan fingerprint density at radius 1 is 1.21 bits per heavy atom. The summed E-state index contributed by atoms with van der Waals surface area (Å²) in [6, 6.07) is 13.0. The van der Waals surface area contributed by atoms with E-state index >= 15 is 0 Å². The van der Waals surface area contributed by atoms with Crippen LogP contribution in [-0.2, 0) is 9.59 Å². The van der Waals surface area contributed by atoms with Crippen LogP contribution in [0.15, 0.2) is 51.9 Å². The number of anilines is 1. The molecule has 1 aliphatic rings. The fraction of sp³-hybridized carbons (Fsp3) is 0.250. The fourth-order valence-corrected chi connectivity index (χ4v) is 3.05. The van der Waals surface area contributed by atoms with Crippen LogP contribution < -0.4 is 10.2 Å². The molecule has 1 aliphatic heterocycles. The van der Waals surface area contributed by atoms with E-state index in [0.717, 1.165) is 10.0 Å². The molecule has 148 valence electrons. The van der Waals surface area contributed by atoms with E-state index in [1.165, 1.54) is 10.5 Å². The standard InChI is InChI=1S/C13H14ClN3O3.C7H7Br/c1-7-3-9(14)5-10(4-7)17-12(20)8(2)16-13(17)15-6-11(18)19;1-6-2-4-7(8)5-3-6/h3-5,8H,6H2,1-2H3,(H,15,16)(H,18,19);2-5H,1H3.